The lowest BCUT2D eigenvalue weighted by atomic mass is 10.2. The molecule has 0 aliphatic carbocycles. The van der Waals surface area contributed by atoms with Crippen LogP contribution in [0.5, 0.6) is 0 Å². The molecule has 0 unspecified atom stereocenters. The summed E-state index contributed by atoms with van der Waals surface area (Å²) in [6.45, 7) is 0.331. The highest BCUT2D eigenvalue weighted by Crippen LogP contribution is 2.28. The van der Waals surface area contributed by atoms with Gasteiger partial charge in [-0.3, -0.25) is 4.79 Å². The fourth-order valence-electron chi connectivity index (χ4n) is 2.57. The largest absolute Gasteiger partial charge is 0.344 e. The maximum atomic E-state index is 13.0. The minimum absolute atomic E-state index is 0.154. The summed E-state index contributed by atoms with van der Waals surface area (Å²) in [6.07, 6.45) is 0. The predicted octanol–water partition coefficient (Wildman–Crippen LogP) is 4.36. The molecule has 0 fully saturated rings. The summed E-state index contributed by atoms with van der Waals surface area (Å²) >= 11 is 1.38. The molecule has 1 amide bonds. The van der Waals surface area contributed by atoms with Crippen LogP contribution in [0.15, 0.2) is 60.7 Å². The zero-order valence-electron chi connectivity index (χ0n) is 13.1. The third-order valence-electron chi connectivity index (χ3n) is 3.81. The average Bonchev–Trinajstić information content (AvgIpc) is 3.27. The number of nitrogens with zero attached hydrogens (tertiary/aromatic N) is 1. The molecule has 0 saturated heterocycles. The van der Waals surface area contributed by atoms with E-state index in [9.17, 15) is 9.18 Å². The number of hydrogen-bond acceptors (Lipinski definition) is 3. The summed E-state index contributed by atoms with van der Waals surface area (Å²) in [5, 5.41) is 2.87. The zero-order chi connectivity index (χ0) is 17.2. The predicted molar refractivity (Wildman–Crippen MR) is 97.0 cm³/mol. The maximum absolute atomic E-state index is 13.0. The lowest BCUT2D eigenvalue weighted by Crippen LogP contribution is -2.22. The van der Waals surface area contributed by atoms with Crippen molar-refractivity contribution in [2.24, 2.45) is 0 Å². The molecule has 4 nitrogen and oxygen atoms in total. The number of hydrogen-bond donors (Lipinski definition) is 2. The molecule has 2 N–H and O–H groups in total. The van der Waals surface area contributed by atoms with Crippen LogP contribution < -0.4 is 5.32 Å². The van der Waals surface area contributed by atoms with Crippen molar-refractivity contribution < 1.29 is 9.18 Å². The number of para-hydroxylation sites is 2. The topological polar surface area (TPSA) is 57.8 Å². The van der Waals surface area contributed by atoms with Crippen LogP contribution in [0.2, 0.25) is 0 Å². The first kappa shape index (κ1) is 15.5. The summed E-state index contributed by atoms with van der Waals surface area (Å²) in [5.74, 6) is 0.285. The van der Waals surface area contributed by atoms with E-state index in [1.54, 1.807) is 18.2 Å². The van der Waals surface area contributed by atoms with Gasteiger partial charge in [-0.1, -0.05) is 24.3 Å². The molecule has 2 aromatic heterocycles. The monoisotopic (exact) mass is 351 g/mol. The number of nitrogens with one attached hydrogen (secondary N) is 2. The van der Waals surface area contributed by atoms with Crippen molar-refractivity contribution in [1.29, 1.82) is 0 Å². The number of imidazole rings is 1. The number of carbonyl (C=O) groups is 1. The molecule has 2 heterocycles. The van der Waals surface area contributed by atoms with Crippen LogP contribution in [0, 0.1) is 5.82 Å². The van der Waals surface area contributed by atoms with Gasteiger partial charge in [-0.25, -0.2) is 9.37 Å². The van der Waals surface area contributed by atoms with Gasteiger partial charge < -0.3 is 10.3 Å². The van der Waals surface area contributed by atoms with E-state index in [2.05, 4.69) is 15.3 Å². The number of aromatic amines is 1. The third kappa shape index (κ3) is 3.29. The third-order valence-corrected chi connectivity index (χ3v) is 4.95. The SMILES string of the molecule is O=C(NCc1nc2ccccc2[nH]1)c1ccc(-c2ccc(F)cc2)s1. The lowest BCUT2D eigenvalue weighted by molar-refractivity contribution is 0.0954. The normalized spacial score (nSPS) is 10.9. The van der Waals surface area contributed by atoms with Gasteiger partial charge in [0.15, 0.2) is 0 Å². The Morgan fingerprint density at radius 2 is 1.88 bits per heavy atom. The average molecular weight is 351 g/mol. The fraction of sp³-hybridized carbons (Fsp3) is 0.0526. The highest BCUT2D eigenvalue weighted by molar-refractivity contribution is 7.17. The number of fused-ring (bicyclic) bond motifs is 1. The van der Waals surface area contributed by atoms with E-state index in [0.29, 0.717) is 17.2 Å². The molecule has 0 spiro atoms. The van der Waals surface area contributed by atoms with Crippen LogP contribution in [-0.4, -0.2) is 15.9 Å². The second-order valence-electron chi connectivity index (χ2n) is 5.55. The number of thiophene rings is 1. The fourth-order valence-corrected chi connectivity index (χ4v) is 3.50. The Morgan fingerprint density at radius 1 is 1.08 bits per heavy atom. The number of rotatable bonds is 4. The molecule has 6 heteroatoms. The second-order valence-corrected chi connectivity index (χ2v) is 6.64. The van der Waals surface area contributed by atoms with Crippen LogP contribution in [0.4, 0.5) is 4.39 Å². The minimum atomic E-state index is -0.274. The quantitative estimate of drug-likeness (QED) is 0.574. The first-order chi connectivity index (χ1) is 12.2. The van der Waals surface area contributed by atoms with Gasteiger partial charge in [0.25, 0.3) is 5.91 Å². The molecule has 124 valence electrons. The van der Waals surface area contributed by atoms with Crippen LogP contribution in [0.3, 0.4) is 0 Å². The number of halogens is 1. The van der Waals surface area contributed by atoms with Crippen LogP contribution in [-0.2, 0) is 6.54 Å². The highest BCUT2D eigenvalue weighted by atomic mass is 32.1. The Labute approximate surface area is 147 Å². The number of amides is 1. The van der Waals surface area contributed by atoms with Crippen molar-refractivity contribution in [3.8, 4) is 10.4 Å². The van der Waals surface area contributed by atoms with Gasteiger partial charge >= 0.3 is 0 Å². The Balaban J connectivity index is 1.45. The Bertz CT molecular complexity index is 1000. The van der Waals surface area contributed by atoms with E-state index >= 15 is 0 Å². The second kappa shape index (κ2) is 6.49. The molecule has 2 aromatic carbocycles. The molecule has 0 atom stereocenters. The van der Waals surface area contributed by atoms with Gasteiger partial charge in [-0.15, -0.1) is 11.3 Å². The molecule has 0 radical (unpaired) electrons. The van der Waals surface area contributed by atoms with Gasteiger partial charge in [0.2, 0.25) is 0 Å². The van der Waals surface area contributed by atoms with E-state index in [-0.39, 0.29) is 11.7 Å². The molecule has 0 aliphatic rings. The van der Waals surface area contributed by atoms with Gasteiger partial charge in [0.05, 0.1) is 22.5 Å². The molecule has 25 heavy (non-hydrogen) atoms. The summed E-state index contributed by atoms with van der Waals surface area (Å²) in [6, 6.07) is 17.6. The molecule has 0 aliphatic heterocycles. The van der Waals surface area contributed by atoms with Gasteiger partial charge in [-0.05, 0) is 42.0 Å². The summed E-state index contributed by atoms with van der Waals surface area (Å²) in [4.78, 5) is 21.5. The van der Waals surface area contributed by atoms with Gasteiger partial charge in [-0.2, -0.15) is 0 Å². The summed E-state index contributed by atoms with van der Waals surface area (Å²) < 4.78 is 13.0. The number of H-pyrrole nitrogens is 1. The van der Waals surface area contributed by atoms with Gasteiger partial charge in [0.1, 0.15) is 11.6 Å². The van der Waals surface area contributed by atoms with Crippen molar-refractivity contribution in [1.82, 2.24) is 15.3 Å². The van der Waals surface area contributed by atoms with Crippen molar-refractivity contribution in [3.63, 3.8) is 0 Å². The van der Waals surface area contributed by atoms with Crippen molar-refractivity contribution in [2.75, 3.05) is 0 Å². The maximum Gasteiger partial charge on any atom is 0.261 e. The van der Waals surface area contributed by atoms with Crippen molar-refractivity contribution in [2.45, 2.75) is 6.54 Å². The Hall–Kier alpha value is -2.99. The number of aromatic nitrogens is 2. The Kier molecular flexibility index (Phi) is 4.03. The molecule has 0 bridgehead atoms. The molecular formula is C19H14FN3OS. The standard InChI is InChI=1S/C19H14FN3OS/c20-13-7-5-12(6-8-13)16-9-10-17(25-16)19(24)21-11-18-22-14-3-1-2-4-15(14)23-18/h1-10H,11H2,(H,21,24)(H,22,23). The van der Waals surface area contributed by atoms with E-state index in [1.807, 2.05) is 30.3 Å². The van der Waals surface area contributed by atoms with Crippen LogP contribution in [0.25, 0.3) is 21.5 Å². The zero-order valence-corrected chi connectivity index (χ0v) is 13.9. The molecular weight excluding hydrogens is 337 g/mol. The van der Waals surface area contributed by atoms with E-state index in [1.165, 1.54) is 23.5 Å². The van der Waals surface area contributed by atoms with Crippen LogP contribution in [0.1, 0.15) is 15.5 Å². The number of carbonyl (C=O) groups excluding carboxylic acids is 1. The molecule has 4 aromatic rings. The highest BCUT2D eigenvalue weighted by Gasteiger charge is 2.11. The first-order valence-electron chi connectivity index (χ1n) is 7.77. The summed E-state index contributed by atoms with van der Waals surface area (Å²) in [5.41, 5.74) is 2.71. The van der Waals surface area contributed by atoms with Gasteiger partial charge in [0, 0.05) is 4.88 Å². The van der Waals surface area contributed by atoms with Crippen molar-refractivity contribution >= 4 is 28.3 Å². The minimum Gasteiger partial charge on any atom is -0.344 e. The smallest absolute Gasteiger partial charge is 0.261 e. The lowest BCUT2D eigenvalue weighted by Gasteiger charge is -2.00. The van der Waals surface area contributed by atoms with E-state index in [0.717, 1.165) is 21.5 Å². The van der Waals surface area contributed by atoms with Crippen LogP contribution >= 0.6 is 11.3 Å². The van der Waals surface area contributed by atoms with E-state index < -0.39 is 0 Å². The van der Waals surface area contributed by atoms with Crippen molar-refractivity contribution in [3.05, 3.63) is 77.2 Å². The molecule has 4 rings (SSSR count). The van der Waals surface area contributed by atoms with E-state index in [4.69, 9.17) is 0 Å². The number of benzene rings is 2. The first-order valence-corrected chi connectivity index (χ1v) is 8.58. The Morgan fingerprint density at radius 3 is 2.68 bits per heavy atom. The summed E-state index contributed by atoms with van der Waals surface area (Å²) in [7, 11) is 0. The molecule has 0 saturated carbocycles.